The van der Waals surface area contributed by atoms with Gasteiger partial charge in [0.2, 0.25) is 0 Å². The van der Waals surface area contributed by atoms with E-state index >= 15 is 0 Å². The number of hydrogen-bond donors (Lipinski definition) is 2. The largest absolute Gasteiger partial charge is 0.478 e. The predicted molar refractivity (Wildman–Crippen MR) is 108 cm³/mol. The Labute approximate surface area is 169 Å². The summed E-state index contributed by atoms with van der Waals surface area (Å²) >= 11 is 0. The first-order valence-corrected chi connectivity index (χ1v) is 10.1. The summed E-state index contributed by atoms with van der Waals surface area (Å²) in [6.45, 7) is 0.842. The fraction of sp³-hybridized carbons (Fsp3) is 0.348. The van der Waals surface area contributed by atoms with E-state index < -0.39 is 5.97 Å². The Hall–Kier alpha value is -2.99. The van der Waals surface area contributed by atoms with Gasteiger partial charge in [-0.2, -0.15) is 4.98 Å². The maximum Gasteiger partial charge on any atom is 0.335 e. The smallest absolute Gasteiger partial charge is 0.335 e. The molecule has 1 aromatic heterocycles. The molecule has 2 atom stereocenters. The Morgan fingerprint density at radius 3 is 2.72 bits per heavy atom. The zero-order valence-electron chi connectivity index (χ0n) is 16.0. The molecule has 2 aromatic carbocycles. The van der Waals surface area contributed by atoms with Crippen LogP contribution < -0.4 is 5.32 Å². The Bertz CT molecular complexity index is 1030. The van der Waals surface area contributed by atoms with Crippen molar-refractivity contribution in [1.82, 2.24) is 15.5 Å². The van der Waals surface area contributed by atoms with Crippen LogP contribution in [-0.4, -0.2) is 33.8 Å². The highest BCUT2D eigenvalue weighted by Gasteiger charge is 2.46. The third kappa shape index (κ3) is 3.44. The maximum atomic E-state index is 11.2. The molecule has 1 heterocycles. The number of carboxylic acid groups (broad SMARTS) is 1. The number of nitrogens with one attached hydrogen (secondary N) is 1. The molecule has 0 spiro atoms. The van der Waals surface area contributed by atoms with Gasteiger partial charge in [-0.05, 0) is 43.0 Å². The molecule has 0 bridgehead atoms. The Morgan fingerprint density at radius 1 is 1.17 bits per heavy atom. The number of rotatable bonds is 7. The number of aromatic carboxylic acids is 1. The quantitative estimate of drug-likeness (QED) is 0.635. The standard InChI is InChI=1S/C23H23N3O3/c27-21(28)17-9-4-8-16(12-17)20-25-22(26-29-20)23(10-5-11-23)14-24-19-13-18(19)15-6-2-1-3-7-15/h1-4,6-9,12,18-19,24H,5,10-11,13-14H2,(H,27,28)/t18-,19+/m1/s1. The Morgan fingerprint density at radius 2 is 2.00 bits per heavy atom. The minimum absolute atomic E-state index is 0.0873. The van der Waals surface area contributed by atoms with Gasteiger partial charge >= 0.3 is 5.97 Å². The summed E-state index contributed by atoms with van der Waals surface area (Å²) in [5.41, 5.74) is 2.16. The van der Waals surface area contributed by atoms with Gasteiger partial charge in [0.05, 0.1) is 5.56 Å². The fourth-order valence-corrected chi connectivity index (χ4v) is 4.24. The van der Waals surface area contributed by atoms with Crippen LogP contribution in [0.15, 0.2) is 59.1 Å². The van der Waals surface area contributed by atoms with E-state index in [9.17, 15) is 9.90 Å². The topological polar surface area (TPSA) is 88.2 Å². The molecule has 2 aliphatic carbocycles. The highest BCUT2D eigenvalue weighted by molar-refractivity contribution is 5.88. The minimum Gasteiger partial charge on any atom is -0.478 e. The van der Waals surface area contributed by atoms with Crippen LogP contribution >= 0.6 is 0 Å². The first-order valence-electron chi connectivity index (χ1n) is 10.1. The number of hydrogen-bond acceptors (Lipinski definition) is 5. The monoisotopic (exact) mass is 389 g/mol. The van der Waals surface area contributed by atoms with Gasteiger partial charge < -0.3 is 14.9 Å². The van der Waals surface area contributed by atoms with Crippen molar-refractivity contribution in [1.29, 1.82) is 0 Å². The predicted octanol–water partition coefficient (Wildman–Crippen LogP) is 4.00. The second kappa shape index (κ2) is 7.12. The van der Waals surface area contributed by atoms with Crippen molar-refractivity contribution >= 4 is 5.97 Å². The van der Waals surface area contributed by atoms with Gasteiger partial charge in [-0.15, -0.1) is 0 Å². The average Bonchev–Trinajstić information content (AvgIpc) is 3.33. The van der Waals surface area contributed by atoms with Crippen LogP contribution in [0.3, 0.4) is 0 Å². The van der Waals surface area contributed by atoms with E-state index in [0.29, 0.717) is 23.4 Å². The highest BCUT2D eigenvalue weighted by atomic mass is 16.5. The lowest BCUT2D eigenvalue weighted by Crippen LogP contribution is -2.45. The molecule has 3 aromatic rings. The Balaban J connectivity index is 1.29. The van der Waals surface area contributed by atoms with Gasteiger partial charge in [0.25, 0.3) is 5.89 Å². The lowest BCUT2D eigenvalue weighted by atomic mass is 9.68. The van der Waals surface area contributed by atoms with E-state index in [4.69, 9.17) is 4.52 Å². The lowest BCUT2D eigenvalue weighted by Gasteiger charge is -2.39. The maximum absolute atomic E-state index is 11.2. The van der Waals surface area contributed by atoms with Crippen molar-refractivity contribution in [2.45, 2.75) is 43.1 Å². The van der Waals surface area contributed by atoms with Crippen LogP contribution in [-0.2, 0) is 5.41 Å². The van der Waals surface area contributed by atoms with Gasteiger partial charge in [0.15, 0.2) is 5.82 Å². The van der Waals surface area contributed by atoms with Crippen LogP contribution in [0.4, 0.5) is 0 Å². The molecule has 5 rings (SSSR count). The summed E-state index contributed by atoms with van der Waals surface area (Å²) in [6, 6.07) is 17.8. The first-order chi connectivity index (χ1) is 14.1. The van der Waals surface area contributed by atoms with Crippen molar-refractivity contribution in [2.75, 3.05) is 6.54 Å². The molecule has 0 amide bonds. The molecule has 2 fully saturated rings. The SMILES string of the molecule is O=C(O)c1cccc(-c2nc(C3(CN[C@H]4C[C@@H]4c4ccccc4)CCC3)no2)c1. The molecule has 0 radical (unpaired) electrons. The molecule has 0 unspecified atom stereocenters. The van der Waals surface area contributed by atoms with Crippen LogP contribution in [0.25, 0.3) is 11.5 Å². The van der Waals surface area contributed by atoms with Crippen LogP contribution in [0.2, 0.25) is 0 Å². The Kier molecular flexibility index (Phi) is 4.43. The molecule has 6 nitrogen and oxygen atoms in total. The molecule has 0 aliphatic heterocycles. The fourth-order valence-electron chi connectivity index (χ4n) is 4.24. The highest BCUT2D eigenvalue weighted by Crippen LogP contribution is 2.45. The van der Waals surface area contributed by atoms with Gasteiger partial charge in [-0.1, -0.05) is 48.0 Å². The molecule has 29 heavy (non-hydrogen) atoms. The lowest BCUT2D eigenvalue weighted by molar-refractivity contribution is 0.0697. The second-order valence-electron chi connectivity index (χ2n) is 8.18. The summed E-state index contributed by atoms with van der Waals surface area (Å²) in [5, 5.41) is 17.2. The summed E-state index contributed by atoms with van der Waals surface area (Å²) in [6.07, 6.45) is 4.40. The van der Waals surface area contributed by atoms with Crippen LogP contribution in [0, 0.1) is 0 Å². The van der Waals surface area contributed by atoms with Crippen molar-refractivity contribution < 1.29 is 14.4 Å². The van der Waals surface area contributed by atoms with Crippen LogP contribution in [0.1, 0.15) is 53.3 Å². The van der Waals surface area contributed by atoms with Crippen molar-refractivity contribution in [3.8, 4) is 11.5 Å². The zero-order chi connectivity index (χ0) is 19.8. The van der Waals surface area contributed by atoms with E-state index in [1.54, 1.807) is 24.3 Å². The molecular formula is C23H23N3O3. The van der Waals surface area contributed by atoms with E-state index in [1.807, 2.05) is 0 Å². The average molecular weight is 389 g/mol. The van der Waals surface area contributed by atoms with Crippen LogP contribution in [0.5, 0.6) is 0 Å². The third-order valence-electron chi connectivity index (χ3n) is 6.29. The van der Waals surface area contributed by atoms with E-state index in [1.165, 1.54) is 12.0 Å². The van der Waals surface area contributed by atoms with E-state index in [2.05, 4.69) is 45.8 Å². The summed E-state index contributed by atoms with van der Waals surface area (Å²) in [7, 11) is 0. The van der Waals surface area contributed by atoms with Gasteiger partial charge in [-0.25, -0.2) is 4.79 Å². The van der Waals surface area contributed by atoms with Crippen molar-refractivity contribution in [3.63, 3.8) is 0 Å². The molecule has 2 N–H and O–H groups in total. The molecule has 2 aliphatic rings. The first kappa shape index (κ1) is 18.1. The molecule has 0 saturated heterocycles. The van der Waals surface area contributed by atoms with Gasteiger partial charge in [0, 0.05) is 29.5 Å². The van der Waals surface area contributed by atoms with Crippen molar-refractivity contribution in [3.05, 3.63) is 71.5 Å². The number of benzene rings is 2. The summed E-state index contributed by atoms with van der Waals surface area (Å²) in [4.78, 5) is 15.9. The number of carboxylic acids is 1. The number of carbonyl (C=O) groups is 1. The van der Waals surface area contributed by atoms with E-state index in [-0.39, 0.29) is 11.0 Å². The number of aromatic nitrogens is 2. The summed E-state index contributed by atoms with van der Waals surface area (Å²) < 4.78 is 5.50. The zero-order valence-corrected chi connectivity index (χ0v) is 16.0. The third-order valence-corrected chi connectivity index (χ3v) is 6.29. The number of nitrogens with zero attached hydrogens (tertiary/aromatic N) is 2. The van der Waals surface area contributed by atoms with Gasteiger partial charge in [-0.3, -0.25) is 0 Å². The molecule has 2 saturated carbocycles. The minimum atomic E-state index is -0.969. The van der Waals surface area contributed by atoms with Gasteiger partial charge in [0.1, 0.15) is 0 Å². The normalized spacial score (nSPS) is 22.1. The summed E-state index contributed by atoms with van der Waals surface area (Å²) in [5.74, 6) is 0.725. The molecule has 6 heteroatoms. The van der Waals surface area contributed by atoms with E-state index in [0.717, 1.165) is 31.6 Å². The van der Waals surface area contributed by atoms with Crippen molar-refractivity contribution in [2.24, 2.45) is 0 Å². The molecular weight excluding hydrogens is 366 g/mol. The second-order valence-corrected chi connectivity index (χ2v) is 8.18. The molecule has 148 valence electrons.